The molecule has 0 unspecified atom stereocenters. The van der Waals surface area contributed by atoms with Gasteiger partial charge in [-0.05, 0) is 44.4 Å². The second-order valence-corrected chi connectivity index (χ2v) is 7.40. The van der Waals surface area contributed by atoms with E-state index < -0.39 is 5.54 Å². The highest BCUT2D eigenvalue weighted by molar-refractivity contribution is 6.42. The summed E-state index contributed by atoms with van der Waals surface area (Å²) < 4.78 is 0. The van der Waals surface area contributed by atoms with E-state index >= 15 is 0 Å². The van der Waals surface area contributed by atoms with Crippen LogP contribution in [-0.2, 0) is 5.54 Å². The Kier molecular flexibility index (Phi) is 5.62. The Morgan fingerprint density at radius 2 is 1.82 bits per heavy atom. The number of hydrogen-bond acceptors (Lipinski definition) is 1. The molecule has 0 spiro atoms. The fraction of sp³-hybridized carbons (Fsp3) is 0.588. The van der Waals surface area contributed by atoms with Crippen LogP contribution in [0.3, 0.4) is 0 Å². The van der Waals surface area contributed by atoms with E-state index in [1.165, 1.54) is 19.3 Å². The number of urea groups is 1. The summed E-state index contributed by atoms with van der Waals surface area (Å²) in [5.74, 6) is 0. The topological polar surface area (TPSA) is 32.3 Å². The zero-order chi connectivity index (χ0) is 16.3. The Balaban J connectivity index is 2.06. The molecular formula is C17H24Cl2N2O. The van der Waals surface area contributed by atoms with Crippen molar-refractivity contribution in [2.75, 3.05) is 7.05 Å². The van der Waals surface area contributed by atoms with Crippen LogP contribution >= 0.6 is 23.2 Å². The van der Waals surface area contributed by atoms with Crippen LogP contribution in [0.1, 0.15) is 51.5 Å². The van der Waals surface area contributed by atoms with E-state index in [0.717, 1.165) is 18.4 Å². The molecule has 5 heteroatoms. The van der Waals surface area contributed by atoms with Crippen molar-refractivity contribution in [2.24, 2.45) is 0 Å². The van der Waals surface area contributed by atoms with Gasteiger partial charge in [-0.25, -0.2) is 4.79 Å². The summed E-state index contributed by atoms with van der Waals surface area (Å²) in [6.45, 7) is 3.94. The van der Waals surface area contributed by atoms with Gasteiger partial charge in [-0.15, -0.1) is 0 Å². The second-order valence-electron chi connectivity index (χ2n) is 6.59. The van der Waals surface area contributed by atoms with Gasteiger partial charge in [0.1, 0.15) is 0 Å². The lowest BCUT2D eigenvalue weighted by Gasteiger charge is -2.35. The molecule has 0 bridgehead atoms. The second kappa shape index (κ2) is 7.10. The first-order valence-corrected chi connectivity index (χ1v) is 8.57. The largest absolute Gasteiger partial charge is 0.329 e. The highest BCUT2D eigenvalue weighted by Gasteiger charge is 2.28. The van der Waals surface area contributed by atoms with Crippen molar-refractivity contribution in [1.29, 1.82) is 0 Å². The van der Waals surface area contributed by atoms with E-state index in [9.17, 15) is 4.79 Å². The molecule has 0 atom stereocenters. The molecule has 122 valence electrons. The molecule has 0 aromatic heterocycles. The number of halogens is 2. The van der Waals surface area contributed by atoms with Crippen LogP contribution in [0.15, 0.2) is 18.2 Å². The monoisotopic (exact) mass is 342 g/mol. The molecule has 1 N–H and O–H groups in total. The third-order valence-corrected chi connectivity index (χ3v) is 5.24. The predicted molar refractivity (Wildman–Crippen MR) is 92.7 cm³/mol. The average molecular weight is 343 g/mol. The highest BCUT2D eigenvalue weighted by Crippen LogP contribution is 2.29. The van der Waals surface area contributed by atoms with Crippen LogP contribution in [0.25, 0.3) is 0 Å². The van der Waals surface area contributed by atoms with Crippen molar-refractivity contribution in [3.05, 3.63) is 33.8 Å². The third-order valence-electron chi connectivity index (χ3n) is 4.50. The van der Waals surface area contributed by atoms with Gasteiger partial charge in [0.2, 0.25) is 0 Å². The van der Waals surface area contributed by atoms with Crippen LogP contribution in [-0.4, -0.2) is 24.0 Å². The summed E-state index contributed by atoms with van der Waals surface area (Å²) in [7, 11) is 1.89. The summed E-state index contributed by atoms with van der Waals surface area (Å²) in [5, 5.41) is 4.12. The maximum atomic E-state index is 12.5. The summed E-state index contributed by atoms with van der Waals surface area (Å²) >= 11 is 12.0. The quantitative estimate of drug-likeness (QED) is 0.803. The summed E-state index contributed by atoms with van der Waals surface area (Å²) in [6, 6.07) is 5.78. The van der Waals surface area contributed by atoms with Crippen molar-refractivity contribution < 1.29 is 4.79 Å². The van der Waals surface area contributed by atoms with Crippen molar-refractivity contribution in [2.45, 2.75) is 57.5 Å². The molecule has 22 heavy (non-hydrogen) atoms. The Morgan fingerprint density at radius 1 is 1.18 bits per heavy atom. The van der Waals surface area contributed by atoms with Crippen molar-refractivity contribution in [3.63, 3.8) is 0 Å². The number of carbonyl (C=O) groups excluding carboxylic acids is 1. The Bertz CT molecular complexity index is 539. The summed E-state index contributed by atoms with van der Waals surface area (Å²) in [4.78, 5) is 14.4. The van der Waals surface area contributed by atoms with Gasteiger partial charge in [-0.1, -0.05) is 48.5 Å². The van der Waals surface area contributed by atoms with Gasteiger partial charge in [-0.2, -0.15) is 0 Å². The maximum Gasteiger partial charge on any atom is 0.318 e. The minimum absolute atomic E-state index is 0.0389. The molecule has 1 aliphatic rings. The molecule has 0 saturated heterocycles. The lowest BCUT2D eigenvalue weighted by molar-refractivity contribution is 0.164. The first kappa shape index (κ1) is 17.4. The molecule has 1 aromatic carbocycles. The zero-order valence-corrected chi connectivity index (χ0v) is 15.0. The third kappa shape index (κ3) is 4.08. The highest BCUT2D eigenvalue weighted by atomic mass is 35.5. The van der Waals surface area contributed by atoms with Crippen molar-refractivity contribution >= 4 is 29.2 Å². The number of benzene rings is 1. The molecule has 2 amide bonds. The molecule has 0 aliphatic heterocycles. The maximum absolute atomic E-state index is 12.5. The van der Waals surface area contributed by atoms with E-state index in [1.54, 1.807) is 6.07 Å². The molecule has 1 aromatic rings. The first-order chi connectivity index (χ1) is 10.3. The predicted octanol–water partition coefficient (Wildman–Crippen LogP) is 5.20. The van der Waals surface area contributed by atoms with Gasteiger partial charge < -0.3 is 10.2 Å². The first-order valence-electron chi connectivity index (χ1n) is 7.82. The van der Waals surface area contributed by atoms with E-state index in [2.05, 4.69) is 5.32 Å². The normalized spacial score (nSPS) is 16.4. The van der Waals surface area contributed by atoms with Gasteiger partial charge in [0.15, 0.2) is 0 Å². The Labute approximate surface area is 143 Å². The smallest absolute Gasteiger partial charge is 0.318 e. The standard InChI is InChI=1S/C17H24Cl2N2O/c1-17(2,12-9-10-14(18)15(19)11-12)20-16(22)21(3)13-7-5-4-6-8-13/h9-11,13H,4-8H2,1-3H3,(H,20,22). The molecule has 1 saturated carbocycles. The molecule has 0 heterocycles. The van der Waals surface area contributed by atoms with Gasteiger partial charge in [0, 0.05) is 13.1 Å². The lowest BCUT2D eigenvalue weighted by atomic mass is 9.93. The van der Waals surface area contributed by atoms with Crippen molar-refractivity contribution in [1.82, 2.24) is 10.2 Å². The summed E-state index contributed by atoms with van der Waals surface area (Å²) in [6.07, 6.45) is 5.88. The lowest BCUT2D eigenvalue weighted by Crippen LogP contribution is -2.50. The molecule has 1 fully saturated rings. The van der Waals surface area contributed by atoms with Crippen LogP contribution in [0.5, 0.6) is 0 Å². The Hall–Kier alpha value is -0.930. The van der Waals surface area contributed by atoms with Gasteiger partial charge in [0.25, 0.3) is 0 Å². The van der Waals surface area contributed by atoms with Crippen LogP contribution in [0, 0.1) is 0 Å². The van der Waals surface area contributed by atoms with Gasteiger partial charge >= 0.3 is 6.03 Å². The van der Waals surface area contributed by atoms with Crippen LogP contribution in [0.4, 0.5) is 4.79 Å². The number of carbonyl (C=O) groups is 1. The fourth-order valence-corrected chi connectivity index (χ4v) is 3.24. The van der Waals surface area contributed by atoms with E-state index in [0.29, 0.717) is 16.1 Å². The van der Waals surface area contributed by atoms with E-state index in [1.807, 2.05) is 37.9 Å². The molecule has 1 aliphatic carbocycles. The molecular weight excluding hydrogens is 319 g/mol. The van der Waals surface area contributed by atoms with E-state index in [-0.39, 0.29) is 6.03 Å². The minimum Gasteiger partial charge on any atom is -0.329 e. The molecule has 3 nitrogen and oxygen atoms in total. The molecule has 2 rings (SSSR count). The number of nitrogens with zero attached hydrogens (tertiary/aromatic N) is 1. The number of nitrogens with one attached hydrogen (secondary N) is 1. The number of hydrogen-bond donors (Lipinski definition) is 1. The van der Waals surface area contributed by atoms with Gasteiger partial charge in [0.05, 0.1) is 15.6 Å². The zero-order valence-electron chi connectivity index (χ0n) is 13.5. The Morgan fingerprint density at radius 3 is 2.41 bits per heavy atom. The number of amides is 2. The van der Waals surface area contributed by atoms with Crippen LogP contribution in [0.2, 0.25) is 10.0 Å². The SMILES string of the molecule is CN(C(=O)NC(C)(C)c1ccc(Cl)c(Cl)c1)C1CCCCC1. The average Bonchev–Trinajstić information content (AvgIpc) is 2.49. The van der Waals surface area contributed by atoms with Gasteiger partial charge in [-0.3, -0.25) is 0 Å². The number of rotatable bonds is 3. The fourth-order valence-electron chi connectivity index (χ4n) is 2.95. The molecule has 0 radical (unpaired) electrons. The minimum atomic E-state index is -0.506. The van der Waals surface area contributed by atoms with Crippen molar-refractivity contribution in [3.8, 4) is 0 Å². The summed E-state index contributed by atoms with van der Waals surface area (Å²) in [5.41, 5.74) is 0.432. The van der Waals surface area contributed by atoms with Crippen LogP contribution < -0.4 is 5.32 Å². The van der Waals surface area contributed by atoms with E-state index in [4.69, 9.17) is 23.2 Å².